The van der Waals surface area contributed by atoms with Gasteiger partial charge in [0.2, 0.25) is 11.8 Å². The van der Waals surface area contributed by atoms with Gasteiger partial charge in [-0.25, -0.2) is 4.98 Å². The average Bonchev–Trinajstić information content (AvgIpc) is 3.14. The Kier molecular flexibility index (Phi) is 7.90. The molecule has 6 nitrogen and oxygen atoms in total. The van der Waals surface area contributed by atoms with E-state index in [1.54, 1.807) is 25.2 Å². The molecule has 1 aromatic heterocycles. The lowest BCUT2D eigenvalue weighted by Crippen LogP contribution is -2.35. The molecule has 0 aliphatic heterocycles. The second kappa shape index (κ2) is 10.6. The SMILES string of the molecule is COc1ccc(Cl)cc1NC(=O)CN(C)C(=O)Cc1csc(Cc2cccc(Cl)c2)n1. The molecule has 0 unspecified atom stereocenters. The van der Waals surface area contributed by atoms with Gasteiger partial charge in [-0.2, -0.15) is 0 Å². The van der Waals surface area contributed by atoms with Crippen LogP contribution < -0.4 is 10.1 Å². The third-order valence-electron chi connectivity index (χ3n) is 4.42. The van der Waals surface area contributed by atoms with Crippen molar-refractivity contribution < 1.29 is 14.3 Å². The van der Waals surface area contributed by atoms with Gasteiger partial charge in [-0.3, -0.25) is 9.59 Å². The number of thiazole rings is 1. The van der Waals surface area contributed by atoms with Crippen LogP contribution in [0.15, 0.2) is 47.8 Å². The largest absolute Gasteiger partial charge is 0.495 e. The second-order valence-corrected chi connectivity index (χ2v) is 8.67. The molecule has 31 heavy (non-hydrogen) atoms. The Morgan fingerprint density at radius 2 is 1.94 bits per heavy atom. The monoisotopic (exact) mass is 477 g/mol. The predicted molar refractivity (Wildman–Crippen MR) is 124 cm³/mol. The van der Waals surface area contributed by atoms with Crippen molar-refractivity contribution in [1.82, 2.24) is 9.88 Å². The first kappa shape index (κ1) is 23.1. The molecular weight excluding hydrogens is 457 g/mol. The molecule has 0 bridgehead atoms. The molecule has 0 aliphatic rings. The molecular formula is C22H21Cl2N3O3S. The Hall–Kier alpha value is -2.61. The van der Waals surface area contributed by atoms with Crippen LogP contribution in [0.25, 0.3) is 0 Å². The zero-order chi connectivity index (χ0) is 22.4. The molecule has 162 valence electrons. The van der Waals surface area contributed by atoms with Crippen molar-refractivity contribution in [1.29, 1.82) is 0 Å². The highest BCUT2D eigenvalue weighted by Crippen LogP contribution is 2.27. The lowest BCUT2D eigenvalue weighted by Gasteiger charge is -2.17. The fourth-order valence-corrected chi connectivity index (χ4v) is 4.11. The number of halogens is 2. The first-order valence-electron chi connectivity index (χ1n) is 9.39. The molecule has 0 radical (unpaired) electrons. The van der Waals surface area contributed by atoms with Gasteiger partial charge in [0.25, 0.3) is 0 Å². The van der Waals surface area contributed by atoms with Gasteiger partial charge in [0.05, 0.1) is 36.5 Å². The van der Waals surface area contributed by atoms with E-state index in [-0.39, 0.29) is 24.8 Å². The number of likely N-dealkylation sites (N-methyl/N-ethyl adjacent to an activating group) is 1. The Labute approximate surface area is 194 Å². The van der Waals surface area contributed by atoms with Gasteiger partial charge in [0.1, 0.15) is 5.75 Å². The number of anilines is 1. The number of hydrogen-bond donors (Lipinski definition) is 1. The van der Waals surface area contributed by atoms with Crippen molar-refractivity contribution in [2.24, 2.45) is 0 Å². The highest BCUT2D eigenvalue weighted by Gasteiger charge is 2.16. The van der Waals surface area contributed by atoms with Crippen LogP contribution in [-0.4, -0.2) is 42.4 Å². The van der Waals surface area contributed by atoms with Crippen molar-refractivity contribution in [2.45, 2.75) is 12.8 Å². The van der Waals surface area contributed by atoms with Crippen LogP contribution in [0.4, 0.5) is 5.69 Å². The zero-order valence-electron chi connectivity index (χ0n) is 17.0. The van der Waals surface area contributed by atoms with Crippen molar-refractivity contribution in [2.75, 3.05) is 26.0 Å². The third-order valence-corrected chi connectivity index (χ3v) is 5.79. The van der Waals surface area contributed by atoms with E-state index in [1.165, 1.54) is 23.3 Å². The Morgan fingerprint density at radius 3 is 2.68 bits per heavy atom. The Balaban J connectivity index is 1.54. The molecule has 0 atom stereocenters. The predicted octanol–water partition coefficient (Wildman–Crippen LogP) is 4.69. The summed E-state index contributed by atoms with van der Waals surface area (Å²) < 4.78 is 5.22. The van der Waals surface area contributed by atoms with E-state index in [0.29, 0.717) is 33.6 Å². The van der Waals surface area contributed by atoms with Crippen LogP contribution in [0, 0.1) is 0 Å². The molecule has 3 aromatic rings. The molecule has 2 amide bonds. The second-order valence-electron chi connectivity index (χ2n) is 6.86. The summed E-state index contributed by atoms with van der Waals surface area (Å²) in [7, 11) is 3.08. The molecule has 1 N–H and O–H groups in total. The fourth-order valence-electron chi connectivity index (χ4n) is 2.89. The maximum absolute atomic E-state index is 12.5. The van der Waals surface area contributed by atoms with Crippen molar-refractivity contribution in [3.63, 3.8) is 0 Å². The number of aromatic nitrogens is 1. The van der Waals surface area contributed by atoms with E-state index in [0.717, 1.165) is 10.6 Å². The van der Waals surface area contributed by atoms with Gasteiger partial charge >= 0.3 is 0 Å². The first-order chi connectivity index (χ1) is 14.8. The van der Waals surface area contributed by atoms with Gasteiger partial charge < -0.3 is 15.0 Å². The molecule has 9 heteroatoms. The summed E-state index contributed by atoms with van der Waals surface area (Å²) in [6.45, 7) is -0.103. The standard InChI is InChI=1S/C22H21Cl2N3O3S/c1-27(12-20(28)26-18-10-16(24)6-7-19(18)30-2)22(29)11-17-13-31-21(25-17)9-14-4-3-5-15(23)8-14/h3-8,10,13H,9,11-12H2,1-2H3,(H,26,28). The minimum absolute atomic E-state index is 0.103. The van der Waals surface area contributed by atoms with E-state index in [2.05, 4.69) is 10.3 Å². The number of ether oxygens (including phenoxy) is 1. The Morgan fingerprint density at radius 1 is 1.16 bits per heavy atom. The van der Waals surface area contributed by atoms with Crippen molar-refractivity contribution >= 4 is 52.0 Å². The van der Waals surface area contributed by atoms with Gasteiger partial charge in [0.15, 0.2) is 0 Å². The maximum atomic E-state index is 12.5. The molecule has 0 saturated carbocycles. The number of benzene rings is 2. The number of nitrogens with one attached hydrogen (secondary N) is 1. The van der Waals surface area contributed by atoms with Crippen molar-refractivity contribution in [3.8, 4) is 5.75 Å². The number of carbonyl (C=O) groups is 2. The number of rotatable bonds is 8. The normalized spacial score (nSPS) is 10.6. The smallest absolute Gasteiger partial charge is 0.244 e. The summed E-state index contributed by atoms with van der Waals surface area (Å²) in [4.78, 5) is 30.8. The summed E-state index contributed by atoms with van der Waals surface area (Å²) in [6, 6.07) is 12.5. The van der Waals surface area contributed by atoms with Crippen LogP contribution in [0.2, 0.25) is 10.0 Å². The van der Waals surface area contributed by atoms with Gasteiger partial charge in [0, 0.05) is 28.9 Å². The van der Waals surface area contributed by atoms with Gasteiger partial charge in [-0.05, 0) is 35.9 Å². The summed E-state index contributed by atoms with van der Waals surface area (Å²) in [5, 5.41) is 6.64. The minimum Gasteiger partial charge on any atom is -0.495 e. The quantitative estimate of drug-likeness (QED) is 0.510. The summed E-state index contributed by atoms with van der Waals surface area (Å²) in [5.74, 6) is -0.0643. The lowest BCUT2D eigenvalue weighted by molar-refractivity contribution is -0.132. The van der Waals surface area contributed by atoms with Gasteiger partial charge in [-0.15, -0.1) is 11.3 Å². The number of amides is 2. The van der Waals surface area contributed by atoms with Crippen LogP contribution in [0.1, 0.15) is 16.3 Å². The minimum atomic E-state index is -0.351. The van der Waals surface area contributed by atoms with E-state index >= 15 is 0 Å². The summed E-state index contributed by atoms with van der Waals surface area (Å²) >= 11 is 13.5. The number of methoxy groups -OCH3 is 1. The highest BCUT2D eigenvalue weighted by molar-refractivity contribution is 7.09. The van der Waals surface area contributed by atoms with Crippen LogP contribution in [-0.2, 0) is 22.4 Å². The van der Waals surface area contributed by atoms with E-state index in [1.807, 2.05) is 29.6 Å². The van der Waals surface area contributed by atoms with Crippen LogP contribution >= 0.6 is 34.5 Å². The molecule has 3 rings (SSSR count). The van der Waals surface area contributed by atoms with Crippen molar-refractivity contribution in [3.05, 3.63) is 74.2 Å². The zero-order valence-corrected chi connectivity index (χ0v) is 19.4. The third kappa shape index (κ3) is 6.69. The molecule has 0 spiro atoms. The average molecular weight is 478 g/mol. The molecule has 2 aromatic carbocycles. The summed E-state index contributed by atoms with van der Waals surface area (Å²) in [5.41, 5.74) is 2.19. The van der Waals surface area contributed by atoms with Crippen LogP contribution in [0.3, 0.4) is 0 Å². The lowest BCUT2D eigenvalue weighted by atomic mass is 10.2. The van der Waals surface area contributed by atoms with E-state index < -0.39 is 0 Å². The molecule has 0 fully saturated rings. The number of carbonyl (C=O) groups excluding carboxylic acids is 2. The molecule has 1 heterocycles. The van der Waals surface area contributed by atoms with E-state index in [9.17, 15) is 9.59 Å². The maximum Gasteiger partial charge on any atom is 0.244 e. The topological polar surface area (TPSA) is 71.5 Å². The molecule has 0 aliphatic carbocycles. The van der Waals surface area contributed by atoms with Crippen LogP contribution in [0.5, 0.6) is 5.75 Å². The number of hydrogen-bond acceptors (Lipinski definition) is 5. The highest BCUT2D eigenvalue weighted by atomic mass is 35.5. The van der Waals surface area contributed by atoms with Gasteiger partial charge in [-0.1, -0.05) is 35.3 Å². The fraction of sp³-hybridized carbons (Fsp3) is 0.227. The Bertz CT molecular complexity index is 1090. The summed E-state index contributed by atoms with van der Waals surface area (Å²) in [6.07, 6.45) is 0.773. The number of nitrogens with zero attached hydrogens (tertiary/aromatic N) is 2. The molecule has 0 saturated heterocycles. The first-order valence-corrected chi connectivity index (χ1v) is 11.0. The van der Waals surface area contributed by atoms with E-state index in [4.69, 9.17) is 27.9 Å².